The monoisotopic (exact) mass is 516 g/mol. The SMILES string of the molecule is CCc1cc(-c2ccccc2)c2ccc3ccc(-c4nc(-c5ccccc5)nc(-c5ccccn5)n4)nc3c2n1. The lowest BCUT2D eigenvalue weighted by Gasteiger charge is -2.12. The molecule has 0 N–H and O–H groups in total. The first-order valence-corrected chi connectivity index (χ1v) is 13.3. The predicted molar refractivity (Wildman–Crippen MR) is 159 cm³/mol. The molecule has 0 atom stereocenters. The van der Waals surface area contributed by atoms with Gasteiger partial charge < -0.3 is 0 Å². The highest BCUT2D eigenvalue weighted by Gasteiger charge is 2.16. The lowest BCUT2D eigenvalue weighted by molar-refractivity contribution is 1.05. The van der Waals surface area contributed by atoms with E-state index in [1.165, 1.54) is 0 Å². The minimum Gasteiger partial charge on any atom is -0.253 e. The molecule has 6 nitrogen and oxygen atoms in total. The molecule has 7 aromatic rings. The molecule has 0 aliphatic heterocycles. The van der Waals surface area contributed by atoms with Crippen LogP contribution in [0.4, 0.5) is 0 Å². The number of pyridine rings is 3. The van der Waals surface area contributed by atoms with E-state index in [1.54, 1.807) is 6.20 Å². The van der Waals surface area contributed by atoms with Gasteiger partial charge in [-0.3, -0.25) is 9.97 Å². The van der Waals surface area contributed by atoms with Gasteiger partial charge in [0.25, 0.3) is 0 Å². The highest BCUT2D eigenvalue weighted by Crippen LogP contribution is 2.33. The maximum atomic E-state index is 5.12. The Balaban J connectivity index is 1.46. The average Bonchev–Trinajstić information content (AvgIpc) is 3.05. The molecular formula is C34H24N6. The summed E-state index contributed by atoms with van der Waals surface area (Å²) >= 11 is 0. The Labute approximate surface area is 231 Å². The Morgan fingerprint density at radius 3 is 1.93 bits per heavy atom. The van der Waals surface area contributed by atoms with Crippen LogP contribution in [0.25, 0.3) is 67.4 Å². The second-order valence-corrected chi connectivity index (χ2v) is 9.50. The Hall–Kier alpha value is -5.36. The highest BCUT2D eigenvalue weighted by molar-refractivity contribution is 6.08. The zero-order valence-corrected chi connectivity index (χ0v) is 21.9. The van der Waals surface area contributed by atoms with E-state index in [0.717, 1.165) is 50.6 Å². The van der Waals surface area contributed by atoms with Crippen molar-refractivity contribution in [2.75, 3.05) is 0 Å². The predicted octanol–water partition coefficient (Wildman–Crippen LogP) is 7.59. The van der Waals surface area contributed by atoms with E-state index in [9.17, 15) is 0 Å². The third kappa shape index (κ3) is 4.35. The van der Waals surface area contributed by atoms with Gasteiger partial charge >= 0.3 is 0 Å². The number of hydrogen-bond donors (Lipinski definition) is 0. The summed E-state index contributed by atoms with van der Waals surface area (Å²) in [6.07, 6.45) is 2.57. The summed E-state index contributed by atoms with van der Waals surface area (Å²) in [7, 11) is 0. The largest absolute Gasteiger partial charge is 0.253 e. The molecule has 0 saturated heterocycles. The van der Waals surface area contributed by atoms with Crippen LogP contribution >= 0.6 is 0 Å². The first kappa shape index (κ1) is 23.7. The Morgan fingerprint density at radius 1 is 0.525 bits per heavy atom. The molecule has 4 aromatic heterocycles. The first-order chi connectivity index (χ1) is 19.8. The standard InChI is InChI=1S/C34H24N6/c1-2-25-21-27(22-11-5-3-6-12-22)26-18-16-23-17-19-29(37-30(23)31(26)36-25)34-39-32(24-13-7-4-8-14-24)38-33(40-34)28-15-9-10-20-35-28/h3-21H,2H2,1H3. The number of hydrogen-bond acceptors (Lipinski definition) is 6. The molecule has 3 aromatic carbocycles. The van der Waals surface area contributed by atoms with Crippen molar-refractivity contribution < 1.29 is 0 Å². The van der Waals surface area contributed by atoms with E-state index >= 15 is 0 Å². The fraction of sp³-hybridized carbons (Fsp3) is 0.0588. The van der Waals surface area contributed by atoms with E-state index in [2.05, 4.69) is 60.4 Å². The summed E-state index contributed by atoms with van der Waals surface area (Å²) in [4.78, 5) is 29.1. The second kappa shape index (κ2) is 10.1. The van der Waals surface area contributed by atoms with Gasteiger partial charge in [-0.2, -0.15) is 0 Å². The van der Waals surface area contributed by atoms with Gasteiger partial charge in [-0.25, -0.2) is 19.9 Å². The van der Waals surface area contributed by atoms with Crippen molar-refractivity contribution in [2.24, 2.45) is 0 Å². The van der Waals surface area contributed by atoms with Gasteiger partial charge in [0, 0.05) is 28.2 Å². The molecule has 0 unspecified atom stereocenters. The number of nitrogens with zero attached hydrogens (tertiary/aromatic N) is 6. The summed E-state index contributed by atoms with van der Waals surface area (Å²) in [6, 6.07) is 36.5. The van der Waals surface area contributed by atoms with Crippen molar-refractivity contribution in [3.8, 4) is 45.6 Å². The van der Waals surface area contributed by atoms with Crippen LogP contribution in [0.5, 0.6) is 0 Å². The van der Waals surface area contributed by atoms with Crippen molar-refractivity contribution in [1.82, 2.24) is 29.9 Å². The van der Waals surface area contributed by atoms with Crippen LogP contribution in [0.3, 0.4) is 0 Å². The Bertz CT molecular complexity index is 1920. The molecule has 6 heteroatoms. The van der Waals surface area contributed by atoms with Crippen molar-refractivity contribution in [3.63, 3.8) is 0 Å². The van der Waals surface area contributed by atoms with Gasteiger partial charge in [-0.05, 0) is 41.8 Å². The van der Waals surface area contributed by atoms with Crippen molar-refractivity contribution >= 4 is 21.8 Å². The number of aromatic nitrogens is 6. The number of rotatable bonds is 5. The zero-order chi connectivity index (χ0) is 26.9. The molecule has 40 heavy (non-hydrogen) atoms. The summed E-state index contributed by atoms with van der Waals surface area (Å²) in [5, 5.41) is 2.08. The van der Waals surface area contributed by atoms with Gasteiger partial charge in [-0.1, -0.05) is 91.9 Å². The van der Waals surface area contributed by atoms with Crippen LogP contribution in [0, 0.1) is 0 Å². The minimum atomic E-state index is 0.489. The fourth-order valence-corrected chi connectivity index (χ4v) is 4.90. The molecule has 0 aliphatic carbocycles. The van der Waals surface area contributed by atoms with Crippen molar-refractivity contribution in [2.45, 2.75) is 13.3 Å². The molecule has 0 amide bonds. The van der Waals surface area contributed by atoms with E-state index in [0.29, 0.717) is 28.9 Å². The quantitative estimate of drug-likeness (QED) is 0.219. The van der Waals surface area contributed by atoms with E-state index in [4.69, 9.17) is 24.9 Å². The van der Waals surface area contributed by atoms with Gasteiger partial charge in [-0.15, -0.1) is 0 Å². The number of aryl methyl sites for hydroxylation is 1. The molecular weight excluding hydrogens is 492 g/mol. The Kier molecular flexibility index (Phi) is 5.98. The molecule has 0 radical (unpaired) electrons. The molecule has 0 saturated carbocycles. The number of fused-ring (bicyclic) bond motifs is 3. The average molecular weight is 517 g/mol. The maximum Gasteiger partial charge on any atom is 0.182 e. The Morgan fingerprint density at radius 2 is 1.20 bits per heavy atom. The van der Waals surface area contributed by atoms with E-state index < -0.39 is 0 Å². The van der Waals surface area contributed by atoms with Crippen molar-refractivity contribution in [1.29, 1.82) is 0 Å². The van der Waals surface area contributed by atoms with E-state index in [1.807, 2.05) is 60.7 Å². The molecule has 0 bridgehead atoms. The summed E-state index contributed by atoms with van der Waals surface area (Å²) in [5.74, 6) is 1.56. The number of benzene rings is 3. The summed E-state index contributed by atoms with van der Waals surface area (Å²) in [5.41, 5.74) is 7.26. The lowest BCUT2D eigenvalue weighted by atomic mass is 9.98. The van der Waals surface area contributed by atoms with Gasteiger partial charge in [0.05, 0.1) is 11.0 Å². The maximum absolute atomic E-state index is 5.12. The van der Waals surface area contributed by atoms with Gasteiger partial charge in [0.15, 0.2) is 17.5 Å². The van der Waals surface area contributed by atoms with Crippen LogP contribution in [0.1, 0.15) is 12.6 Å². The topological polar surface area (TPSA) is 77.3 Å². The molecule has 190 valence electrons. The van der Waals surface area contributed by atoms with E-state index in [-0.39, 0.29) is 0 Å². The second-order valence-electron chi connectivity index (χ2n) is 9.50. The van der Waals surface area contributed by atoms with Gasteiger partial charge in [0.1, 0.15) is 11.4 Å². The van der Waals surface area contributed by atoms with Crippen LogP contribution in [-0.2, 0) is 6.42 Å². The molecule has 0 spiro atoms. The third-order valence-electron chi connectivity index (χ3n) is 6.93. The fourth-order valence-electron chi connectivity index (χ4n) is 4.90. The smallest absolute Gasteiger partial charge is 0.182 e. The summed E-state index contributed by atoms with van der Waals surface area (Å²) in [6.45, 7) is 2.13. The van der Waals surface area contributed by atoms with Crippen LogP contribution < -0.4 is 0 Å². The van der Waals surface area contributed by atoms with Crippen LogP contribution in [0.15, 0.2) is 115 Å². The molecule has 7 rings (SSSR count). The molecule has 4 heterocycles. The highest BCUT2D eigenvalue weighted by atomic mass is 15.1. The zero-order valence-electron chi connectivity index (χ0n) is 21.9. The normalized spacial score (nSPS) is 11.2. The molecule has 0 fully saturated rings. The van der Waals surface area contributed by atoms with Crippen LogP contribution in [0.2, 0.25) is 0 Å². The minimum absolute atomic E-state index is 0.489. The molecule has 0 aliphatic rings. The van der Waals surface area contributed by atoms with Crippen LogP contribution in [-0.4, -0.2) is 29.9 Å². The van der Waals surface area contributed by atoms with Crippen molar-refractivity contribution in [3.05, 3.63) is 121 Å². The lowest BCUT2D eigenvalue weighted by Crippen LogP contribution is -2.02. The summed E-state index contributed by atoms with van der Waals surface area (Å²) < 4.78 is 0. The van der Waals surface area contributed by atoms with Gasteiger partial charge in [0.2, 0.25) is 0 Å². The first-order valence-electron chi connectivity index (χ1n) is 13.3. The third-order valence-corrected chi connectivity index (χ3v) is 6.93.